The number of nitrogens with zero attached hydrogens (tertiary/aromatic N) is 3. The number of hydrogen-bond acceptors (Lipinski definition) is 5. The molecular formula is C29H34N4O2. The molecule has 0 radical (unpaired) electrons. The molecule has 1 unspecified atom stereocenters. The molecule has 5 rings (SSSR count). The van der Waals surface area contributed by atoms with Crippen LogP contribution >= 0.6 is 0 Å². The zero-order valence-corrected chi connectivity index (χ0v) is 20.8. The summed E-state index contributed by atoms with van der Waals surface area (Å²) in [6.45, 7) is 9.96. The number of fused-ring (bicyclic) bond motifs is 1. The van der Waals surface area contributed by atoms with Crippen molar-refractivity contribution in [1.82, 2.24) is 9.80 Å². The number of hydrogen-bond donors (Lipinski definition) is 1. The molecule has 1 amide bonds. The third-order valence-electron chi connectivity index (χ3n) is 7.40. The van der Waals surface area contributed by atoms with Crippen LogP contribution < -0.4 is 15.4 Å². The molecule has 1 saturated heterocycles. The van der Waals surface area contributed by atoms with Crippen LogP contribution in [0.2, 0.25) is 0 Å². The molecule has 2 aliphatic rings. The highest BCUT2D eigenvalue weighted by Crippen LogP contribution is 2.40. The van der Waals surface area contributed by atoms with Crippen molar-refractivity contribution in [3.05, 3.63) is 88.5 Å². The van der Waals surface area contributed by atoms with Gasteiger partial charge in [0.2, 0.25) is 0 Å². The summed E-state index contributed by atoms with van der Waals surface area (Å²) in [4.78, 5) is 20.8. The predicted octanol–water partition coefficient (Wildman–Crippen LogP) is 4.47. The Balaban J connectivity index is 1.53. The smallest absolute Gasteiger partial charge is 0.255 e. The Kier molecular flexibility index (Phi) is 6.39. The molecule has 6 heteroatoms. The molecule has 1 atom stereocenters. The van der Waals surface area contributed by atoms with E-state index in [9.17, 15) is 4.79 Å². The Morgan fingerprint density at radius 1 is 0.971 bits per heavy atom. The van der Waals surface area contributed by atoms with Gasteiger partial charge < -0.3 is 25.2 Å². The molecule has 6 nitrogen and oxygen atoms in total. The number of carbonyl (C=O) groups is 1. The highest BCUT2D eigenvalue weighted by Gasteiger charge is 2.37. The third-order valence-corrected chi connectivity index (χ3v) is 7.40. The van der Waals surface area contributed by atoms with Crippen molar-refractivity contribution in [3.8, 4) is 5.75 Å². The number of piperazine rings is 1. The first-order chi connectivity index (χ1) is 17.0. The average molecular weight is 471 g/mol. The predicted molar refractivity (Wildman–Crippen MR) is 141 cm³/mol. The first-order valence-corrected chi connectivity index (χ1v) is 12.4. The van der Waals surface area contributed by atoms with E-state index in [0.29, 0.717) is 12.2 Å². The van der Waals surface area contributed by atoms with Crippen LogP contribution in [0.25, 0.3) is 0 Å². The number of benzene rings is 3. The van der Waals surface area contributed by atoms with Gasteiger partial charge in [-0.05, 0) is 66.6 Å². The Bertz CT molecular complexity index is 1230. The molecule has 3 aromatic rings. The van der Waals surface area contributed by atoms with Crippen LogP contribution in [0.15, 0.2) is 60.7 Å². The van der Waals surface area contributed by atoms with Gasteiger partial charge in [-0.1, -0.05) is 31.2 Å². The SMILES string of the molecule is CCN1CCN(c2cccc3c2CN(C(c2cccc(N)c2)c2ccc(OC)c(C)c2)C3=O)CC1. The monoisotopic (exact) mass is 470 g/mol. The maximum absolute atomic E-state index is 13.9. The largest absolute Gasteiger partial charge is 0.496 e. The van der Waals surface area contributed by atoms with Crippen molar-refractivity contribution in [2.45, 2.75) is 26.4 Å². The zero-order chi connectivity index (χ0) is 24.5. The van der Waals surface area contributed by atoms with Crippen LogP contribution in [0.1, 0.15) is 45.6 Å². The van der Waals surface area contributed by atoms with E-state index in [2.05, 4.69) is 41.0 Å². The number of nitrogen functional groups attached to an aromatic ring is 1. The van der Waals surface area contributed by atoms with Crippen LogP contribution in [0.4, 0.5) is 11.4 Å². The topological polar surface area (TPSA) is 62.0 Å². The summed E-state index contributed by atoms with van der Waals surface area (Å²) in [6, 6.07) is 20.0. The zero-order valence-electron chi connectivity index (χ0n) is 20.8. The molecule has 2 aliphatic heterocycles. The molecular weight excluding hydrogens is 436 g/mol. The van der Waals surface area contributed by atoms with Crippen LogP contribution in [0.5, 0.6) is 5.75 Å². The summed E-state index contributed by atoms with van der Waals surface area (Å²) in [6.07, 6.45) is 0. The van der Waals surface area contributed by atoms with Gasteiger partial charge in [-0.3, -0.25) is 4.79 Å². The lowest BCUT2D eigenvalue weighted by Gasteiger charge is -2.36. The van der Waals surface area contributed by atoms with Crippen molar-refractivity contribution in [2.75, 3.05) is 50.5 Å². The molecule has 1 fully saturated rings. The van der Waals surface area contributed by atoms with Gasteiger partial charge in [-0.2, -0.15) is 0 Å². The van der Waals surface area contributed by atoms with Crippen molar-refractivity contribution in [3.63, 3.8) is 0 Å². The fourth-order valence-electron chi connectivity index (χ4n) is 5.50. The third kappa shape index (κ3) is 4.34. The summed E-state index contributed by atoms with van der Waals surface area (Å²) >= 11 is 0. The van der Waals surface area contributed by atoms with E-state index in [1.165, 1.54) is 5.69 Å². The number of anilines is 2. The number of aryl methyl sites for hydroxylation is 1. The van der Waals surface area contributed by atoms with Crippen LogP contribution in [-0.4, -0.2) is 55.5 Å². The van der Waals surface area contributed by atoms with Gasteiger partial charge >= 0.3 is 0 Å². The van der Waals surface area contributed by atoms with Gasteiger partial charge in [0, 0.05) is 55.2 Å². The lowest BCUT2D eigenvalue weighted by atomic mass is 9.95. The van der Waals surface area contributed by atoms with Crippen LogP contribution in [0, 0.1) is 6.92 Å². The molecule has 35 heavy (non-hydrogen) atoms. The summed E-state index contributed by atoms with van der Waals surface area (Å²) in [5, 5.41) is 0. The van der Waals surface area contributed by atoms with Gasteiger partial charge in [0.15, 0.2) is 0 Å². The number of methoxy groups -OCH3 is 1. The molecule has 0 saturated carbocycles. The fourth-order valence-corrected chi connectivity index (χ4v) is 5.50. The molecule has 0 aromatic heterocycles. The van der Waals surface area contributed by atoms with E-state index in [1.807, 2.05) is 48.2 Å². The van der Waals surface area contributed by atoms with Crippen molar-refractivity contribution >= 4 is 17.3 Å². The Hall–Kier alpha value is -3.51. The number of nitrogens with two attached hydrogens (primary N) is 1. The van der Waals surface area contributed by atoms with Gasteiger partial charge in [-0.15, -0.1) is 0 Å². The van der Waals surface area contributed by atoms with Crippen molar-refractivity contribution < 1.29 is 9.53 Å². The number of ether oxygens (including phenoxy) is 1. The van der Waals surface area contributed by atoms with Gasteiger partial charge in [0.05, 0.1) is 13.2 Å². The molecule has 3 aromatic carbocycles. The van der Waals surface area contributed by atoms with Crippen LogP contribution in [0.3, 0.4) is 0 Å². The van der Waals surface area contributed by atoms with E-state index in [-0.39, 0.29) is 11.9 Å². The van der Waals surface area contributed by atoms with Gasteiger partial charge in [0.25, 0.3) is 5.91 Å². The molecule has 0 spiro atoms. The second-order valence-corrected chi connectivity index (χ2v) is 9.46. The number of amides is 1. The first kappa shape index (κ1) is 23.2. The first-order valence-electron chi connectivity index (χ1n) is 12.4. The Labute approximate surface area is 207 Å². The standard InChI is InChI=1S/C29H34N4O2/c1-4-31-13-15-32(16-14-31)26-10-6-9-24-25(26)19-33(29(24)34)28(21-7-5-8-23(30)18-21)22-11-12-27(35-3)20(2)17-22/h5-12,17-18,28H,4,13-16,19,30H2,1-3H3. The summed E-state index contributed by atoms with van der Waals surface area (Å²) in [5.41, 5.74) is 13.1. The van der Waals surface area contributed by atoms with E-state index in [0.717, 1.165) is 66.3 Å². The van der Waals surface area contributed by atoms with Gasteiger partial charge in [0.1, 0.15) is 5.75 Å². The maximum atomic E-state index is 13.9. The van der Waals surface area contributed by atoms with E-state index in [1.54, 1.807) is 7.11 Å². The molecule has 2 N–H and O–H groups in total. The second-order valence-electron chi connectivity index (χ2n) is 9.46. The highest BCUT2D eigenvalue weighted by atomic mass is 16.5. The Morgan fingerprint density at radius 2 is 1.71 bits per heavy atom. The Morgan fingerprint density at radius 3 is 2.40 bits per heavy atom. The van der Waals surface area contributed by atoms with Crippen LogP contribution in [-0.2, 0) is 6.54 Å². The van der Waals surface area contributed by atoms with Crippen molar-refractivity contribution in [1.29, 1.82) is 0 Å². The summed E-state index contributed by atoms with van der Waals surface area (Å²) in [5.74, 6) is 0.902. The fraction of sp³-hybridized carbons (Fsp3) is 0.345. The van der Waals surface area contributed by atoms with E-state index >= 15 is 0 Å². The number of likely N-dealkylation sites (N-methyl/N-ethyl adjacent to an activating group) is 1. The minimum Gasteiger partial charge on any atom is -0.496 e. The lowest BCUT2D eigenvalue weighted by Crippen LogP contribution is -2.46. The van der Waals surface area contributed by atoms with E-state index < -0.39 is 0 Å². The van der Waals surface area contributed by atoms with Gasteiger partial charge in [-0.25, -0.2) is 0 Å². The molecule has 0 bridgehead atoms. The second kappa shape index (κ2) is 9.62. The normalized spacial score (nSPS) is 16.9. The molecule has 182 valence electrons. The number of carbonyl (C=O) groups excluding carboxylic acids is 1. The summed E-state index contributed by atoms with van der Waals surface area (Å²) in [7, 11) is 1.68. The quantitative estimate of drug-likeness (QED) is 0.539. The minimum absolute atomic E-state index is 0.0648. The van der Waals surface area contributed by atoms with E-state index in [4.69, 9.17) is 10.5 Å². The van der Waals surface area contributed by atoms with Crippen molar-refractivity contribution in [2.24, 2.45) is 0 Å². The number of rotatable bonds is 6. The maximum Gasteiger partial charge on any atom is 0.255 e. The summed E-state index contributed by atoms with van der Waals surface area (Å²) < 4.78 is 5.49. The average Bonchev–Trinajstić information content (AvgIpc) is 3.20. The minimum atomic E-state index is -0.243. The molecule has 2 heterocycles. The highest BCUT2D eigenvalue weighted by molar-refractivity contribution is 6.00. The molecule has 0 aliphatic carbocycles. The lowest BCUT2D eigenvalue weighted by molar-refractivity contribution is 0.0731.